The lowest BCUT2D eigenvalue weighted by Gasteiger charge is -2.17. The summed E-state index contributed by atoms with van der Waals surface area (Å²) >= 11 is 0. The van der Waals surface area contributed by atoms with E-state index in [9.17, 15) is 0 Å². The van der Waals surface area contributed by atoms with E-state index in [4.69, 9.17) is 0 Å². The van der Waals surface area contributed by atoms with Gasteiger partial charge in [0, 0.05) is 8.47 Å². The molecule has 14 heavy (non-hydrogen) atoms. The van der Waals surface area contributed by atoms with Crippen LogP contribution in [0.5, 0.6) is 0 Å². The molecule has 0 aliphatic carbocycles. The van der Waals surface area contributed by atoms with Crippen molar-refractivity contribution in [1.29, 1.82) is 0 Å². The summed E-state index contributed by atoms with van der Waals surface area (Å²) in [5.74, 6) is 0.874. The van der Waals surface area contributed by atoms with Gasteiger partial charge in [0.1, 0.15) is 0 Å². The van der Waals surface area contributed by atoms with E-state index < -0.39 is 0 Å². The van der Waals surface area contributed by atoms with Crippen LogP contribution in [0.1, 0.15) is 34.4 Å². The Morgan fingerprint density at radius 1 is 1.43 bits per heavy atom. The highest BCUT2D eigenvalue weighted by molar-refractivity contribution is 4.78. The second-order valence-electron chi connectivity index (χ2n) is 4.71. The van der Waals surface area contributed by atoms with Gasteiger partial charge in [-0.1, -0.05) is 20.8 Å². The minimum atomic E-state index is 0. The van der Waals surface area contributed by atoms with E-state index in [0.29, 0.717) is 5.41 Å². The van der Waals surface area contributed by atoms with Gasteiger partial charge in [0.2, 0.25) is 0 Å². The maximum Gasteiger partial charge on any atom is 0.164 e. The van der Waals surface area contributed by atoms with Gasteiger partial charge >= 0.3 is 0 Å². The summed E-state index contributed by atoms with van der Waals surface area (Å²) in [5, 5.41) is 14.5. The van der Waals surface area contributed by atoms with Gasteiger partial charge in [-0.2, -0.15) is 0 Å². The number of hydrogen-bond acceptors (Lipinski definition) is 4. The van der Waals surface area contributed by atoms with Crippen molar-refractivity contribution in [1.82, 2.24) is 25.5 Å². The predicted molar refractivity (Wildman–Crippen MR) is 56.7 cm³/mol. The zero-order valence-corrected chi connectivity index (χ0v) is 9.41. The van der Waals surface area contributed by atoms with Crippen LogP contribution in [0.4, 0.5) is 0 Å². The van der Waals surface area contributed by atoms with Crippen molar-refractivity contribution < 1.29 is 1.43 Å². The number of nitrogens with one attached hydrogen (secondary N) is 1. The van der Waals surface area contributed by atoms with Gasteiger partial charge in [-0.15, -0.1) is 5.10 Å². The van der Waals surface area contributed by atoms with Crippen LogP contribution in [-0.2, 0) is 13.6 Å². The Kier molecular flexibility index (Phi) is 3.57. The maximum absolute atomic E-state index is 3.89. The first-order valence-electron chi connectivity index (χ1n) is 4.91. The summed E-state index contributed by atoms with van der Waals surface area (Å²) in [6.45, 7) is 8.44. The minimum absolute atomic E-state index is 0. The first-order valence-corrected chi connectivity index (χ1v) is 4.91. The lowest BCUT2D eigenvalue weighted by atomic mass is 9.92. The van der Waals surface area contributed by atoms with Gasteiger partial charge in [-0.05, 0) is 28.8 Å². The van der Waals surface area contributed by atoms with Crippen molar-refractivity contribution in [3.63, 3.8) is 0 Å². The number of aryl methyl sites for hydroxylation is 1. The summed E-state index contributed by atoms with van der Waals surface area (Å²) in [6.07, 6.45) is 1.15. The molecule has 0 aliphatic rings. The highest BCUT2D eigenvalue weighted by Crippen LogP contribution is 2.16. The molecular formula is C9H21N5. The van der Waals surface area contributed by atoms with E-state index in [-0.39, 0.29) is 1.43 Å². The van der Waals surface area contributed by atoms with E-state index in [1.165, 1.54) is 0 Å². The smallest absolute Gasteiger partial charge is 0.164 e. The van der Waals surface area contributed by atoms with E-state index in [1.807, 2.05) is 7.05 Å². The van der Waals surface area contributed by atoms with Crippen LogP contribution in [0.25, 0.3) is 0 Å². The monoisotopic (exact) mass is 199 g/mol. The zero-order valence-electron chi connectivity index (χ0n) is 9.41. The van der Waals surface area contributed by atoms with E-state index in [2.05, 4.69) is 41.6 Å². The Balaban J connectivity index is 0.00000196. The second-order valence-corrected chi connectivity index (χ2v) is 4.71. The standard InChI is InChI=1S/C9H19N5.H2/c1-9(2,3)5-6-10-7-8-11-12-13-14(8)4;/h10H,5-7H2,1-4H3;1H. The largest absolute Gasteiger partial charge is 0.310 e. The fraction of sp³-hybridized carbons (Fsp3) is 0.889. The van der Waals surface area contributed by atoms with Crippen molar-refractivity contribution in [2.45, 2.75) is 33.7 Å². The Labute approximate surface area is 86.4 Å². The van der Waals surface area contributed by atoms with Crippen molar-refractivity contribution in [3.05, 3.63) is 5.82 Å². The first kappa shape index (κ1) is 11.1. The van der Waals surface area contributed by atoms with Crippen molar-refractivity contribution >= 4 is 0 Å². The highest BCUT2D eigenvalue weighted by atomic mass is 15.5. The summed E-state index contributed by atoms with van der Waals surface area (Å²) in [6, 6.07) is 0. The van der Waals surface area contributed by atoms with Crippen LogP contribution in [0, 0.1) is 5.41 Å². The molecule has 0 fully saturated rings. The van der Waals surface area contributed by atoms with Crippen molar-refractivity contribution in [2.75, 3.05) is 6.54 Å². The third-order valence-electron chi connectivity index (χ3n) is 2.04. The molecule has 0 amide bonds. The molecule has 0 unspecified atom stereocenters. The summed E-state index contributed by atoms with van der Waals surface area (Å²) in [7, 11) is 1.85. The van der Waals surface area contributed by atoms with Gasteiger partial charge in [-0.3, -0.25) is 0 Å². The maximum atomic E-state index is 3.89. The molecule has 0 aromatic carbocycles. The molecule has 0 saturated carbocycles. The molecule has 82 valence electrons. The molecule has 1 rings (SSSR count). The van der Waals surface area contributed by atoms with E-state index in [0.717, 1.165) is 25.3 Å². The van der Waals surface area contributed by atoms with Crippen LogP contribution in [-0.4, -0.2) is 26.8 Å². The molecule has 0 spiro atoms. The van der Waals surface area contributed by atoms with Crippen molar-refractivity contribution in [3.8, 4) is 0 Å². The lowest BCUT2D eigenvalue weighted by Crippen LogP contribution is -2.21. The summed E-state index contributed by atoms with van der Waals surface area (Å²) < 4.78 is 1.68. The Hall–Kier alpha value is -0.970. The number of aromatic nitrogens is 4. The predicted octanol–water partition coefficient (Wildman–Crippen LogP) is 0.982. The molecule has 0 saturated heterocycles. The van der Waals surface area contributed by atoms with Crippen LogP contribution >= 0.6 is 0 Å². The number of tetrazole rings is 1. The lowest BCUT2D eigenvalue weighted by molar-refractivity contribution is 0.365. The molecule has 1 heterocycles. The third kappa shape index (κ3) is 3.83. The summed E-state index contributed by atoms with van der Waals surface area (Å²) in [4.78, 5) is 0. The average Bonchev–Trinajstić information content (AvgIpc) is 2.44. The van der Waals surface area contributed by atoms with Crippen LogP contribution in [0.15, 0.2) is 0 Å². The number of nitrogens with zero attached hydrogens (tertiary/aromatic N) is 4. The van der Waals surface area contributed by atoms with E-state index in [1.54, 1.807) is 4.68 Å². The van der Waals surface area contributed by atoms with E-state index >= 15 is 0 Å². The van der Waals surface area contributed by atoms with Gasteiger partial charge in [-0.25, -0.2) is 4.68 Å². The van der Waals surface area contributed by atoms with Crippen LogP contribution in [0.3, 0.4) is 0 Å². The van der Waals surface area contributed by atoms with Gasteiger partial charge in [0.05, 0.1) is 6.54 Å². The molecule has 5 nitrogen and oxygen atoms in total. The normalized spacial score (nSPS) is 12.0. The quantitative estimate of drug-likeness (QED) is 0.734. The molecule has 1 aromatic rings. The third-order valence-corrected chi connectivity index (χ3v) is 2.04. The Morgan fingerprint density at radius 2 is 2.14 bits per heavy atom. The first-order chi connectivity index (χ1) is 6.49. The number of rotatable bonds is 4. The average molecular weight is 199 g/mol. The Morgan fingerprint density at radius 3 is 2.64 bits per heavy atom. The molecule has 1 N–H and O–H groups in total. The molecule has 0 aliphatic heterocycles. The molecule has 0 atom stereocenters. The molecule has 5 heteroatoms. The van der Waals surface area contributed by atoms with Crippen LogP contribution < -0.4 is 5.32 Å². The van der Waals surface area contributed by atoms with Gasteiger partial charge in [0.15, 0.2) is 5.82 Å². The molecule has 0 radical (unpaired) electrons. The molecule has 0 bridgehead atoms. The SMILES string of the molecule is Cn1nnnc1CNCCC(C)(C)C.[HH]. The summed E-state index contributed by atoms with van der Waals surface area (Å²) in [5.41, 5.74) is 0.380. The van der Waals surface area contributed by atoms with Gasteiger partial charge < -0.3 is 5.32 Å². The van der Waals surface area contributed by atoms with Crippen LogP contribution in [0.2, 0.25) is 0 Å². The highest BCUT2D eigenvalue weighted by Gasteiger charge is 2.09. The minimum Gasteiger partial charge on any atom is -0.310 e. The number of hydrogen-bond donors (Lipinski definition) is 1. The molecular weight excluding hydrogens is 178 g/mol. The van der Waals surface area contributed by atoms with Crippen molar-refractivity contribution in [2.24, 2.45) is 12.5 Å². The fourth-order valence-corrected chi connectivity index (χ4v) is 1.06. The second kappa shape index (κ2) is 4.50. The fourth-order valence-electron chi connectivity index (χ4n) is 1.06. The zero-order chi connectivity index (χ0) is 10.6. The molecule has 1 aromatic heterocycles. The topological polar surface area (TPSA) is 55.6 Å². The van der Waals surface area contributed by atoms with Gasteiger partial charge in [0.25, 0.3) is 0 Å². The Bertz CT molecular complexity index is 278.